The van der Waals surface area contributed by atoms with E-state index in [-0.39, 0.29) is 13.2 Å². The molecule has 1 N–H and O–H groups in total. The van der Waals surface area contributed by atoms with E-state index in [1.54, 1.807) is 39.6 Å². The number of hydrogen-bond acceptors (Lipinski definition) is 11. The van der Waals surface area contributed by atoms with E-state index in [0.717, 1.165) is 39.4 Å². The summed E-state index contributed by atoms with van der Waals surface area (Å²) >= 11 is 0. The van der Waals surface area contributed by atoms with Gasteiger partial charge in [0.05, 0.1) is 32.8 Å². The minimum absolute atomic E-state index is 0.265. The summed E-state index contributed by atoms with van der Waals surface area (Å²) in [4.78, 5) is 28.9. The van der Waals surface area contributed by atoms with Crippen LogP contribution in [0.15, 0.2) is 104 Å². The molecule has 13 nitrogen and oxygen atoms in total. The molecule has 0 bridgehead atoms. The number of nitrogens with zero attached hydrogens (tertiary/aromatic N) is 2. The first-order valence-electron chi connectivity index (χ1n) is 19.0. The van der Waals surface area contributed by atoms with Crippen LogP contribution in [-0.4, -0.2) is 60.9 Å². The Hall–Kier alpha value is -6.63. The van der Waals surface area contributed by atoms with Crippen LogP contribution in [0.4, 0.5) is 4.79 Å². The molecule has 0 radical (unpaired) electrons. The number of nitrogens with one attached hydrogen (secondary N) is 1. The maximum absolute atomic E-state index is 12.3. The number of alkyl carbamates (subject to hydrolysis) is 1. The Labute approximate surface area is 338 Å². The summed E-state index contributed by atoms with van der Waals surface area (Å²) in [5.41, 5.74) is 3.55. The molecule has 4 aromatic carbocycles. The molecule has 1 aliphatic heterocycles. The summed E-state index contributed by atoms with van der Waals surface area (Å²) in [5, 5.41) is 2.79. The number of benzene rings is 4. The van der Waals surface area contributed by atoms with Crippen molar-refractivity contribution in [2.45, 2.75) is 65.3 Å². The number of fused-ring (bicyclic) bond motifs is 1. The van der Waals surface area contributed by atoms with Gasteiger partial charge in [-0.25, -0.2) is 14.6 Å². The van der Waals surface area contributed by atoms with Gasteiger partial charge < -0.3 is 47.8 Å². The van der Waals surface area contributed by atoms with Crippen molar-refractivity contribution in [2.75, 3.05) is 27.4 Å². The quantitative estimate of drug-likeness (QED) is 0.0723. The Balaban J connectivity index is 1.30. The summed E-state index contributed by atoms with van der Waals surface area (Å²) in [6.07, 6.45) is 5.77. The largest absolute Gasteiger partial charge is 0.497 e. The van der Waals surface area contributed by atoms with Crippen molar-refractivity contribution in [3.05, 3.63) is 131 Å². The number of amides is 1. The number of ether oxygens (including phenoxy) is 8. The summed E-state index contributed by atoms with van der Waals surface area (Å²) in [6.45, 7) is 8.37. The first kappa shape index (κ1) is 41.0. The Bertz CT molecular complexity index is 2170. The van der Waals surface area contributed by atoms with Gasteiger partial charge in [0.2, 0.25) is 0 Å². The number of methoxy groups -OCH3 is 2. The zero-order valence-corrected chi connectivity index (χ0v) is 33.6. The molecule has 2 unspecified atom stereocenters. The van der Waals surface area contributed by atoms with Gasteiger partial charge in [-0.05, 0) is 105 Å². The second-order valence-corrected chi connectivity index (χ2v) is 14.3. The standard InChI is InChI=1S/C45H49N3O10/c1-7-53-41(49)21-13-30-12-19-38-40(24-30)57-43(56-38)42(48-26-34(47-29-48)22-23-46-44(50)58-45(2,3)4)33-14-20-37(54-27-31-8-15-35(51-5)16-9-31)39(25-33)55-28-32-10-17-36(52-6)18-11-32/h8-21,24-26,29,42-43H,7,22-23,27-28H2,1-6H3,(H,46,50)/b21-13+. The lowest BCUT2D eigenvalue weighted by atomic mass is 10.0. The van der Waals surface area contributed by atoms with Crippen LogP contribution in [0.25, 0.3) is 6.08 Å². The Morgan fingerprint density at radius 3 is 2.14 bits per heavy atom. The topological polar surface area (TPSA) is 138 Å². The van der Waals surface area contributed by atoms with E-state index >= 15 is 0 Å². The molecule has 0 spiro atoms. The van der Waals surface area contributed by atoms with Gasteiger partial charge in [0.1, 0.15) is 36.4 Å². The minimum atomic E-state index is -0.832. The van der Waals surface area contributed by atoms with Gasteiger partial charge in [0.25, 0.3) is 6.29 Å². The molecule has 1 amide bonds. The minimum Gasteiger partial charge on any atom is -0.497 e. The van der Waals surface area contributed by atoms with Gasteiger partial charge in [-0.15, -0.1) is 0 Å². The van der Waals surface area contributed by atoms with Crippen LogP contribution >= 0.6 is 0 Å². The lowest BCUT2D eigenvalue weighted by molar-refractivity contribution is -0.137. The molecule has 13 heteroatoms. The Morgan fingerprint density at radius 1 is 0.845 bits per heavy atom. The highest BCUT2D eigenvalue weighted by Gasteiger charge is 2.35. The molecule has 0 saturated heterocycles. The molecule has 304 valence electrons. The average Bonchev–Trinajstić information content (AvgIpc) is 3.85. The number of esters is 1. The third kappa shape index (κ3) is 11.2. The average molecular weight is 792 g/mol. The highest BCUT2D eigenvalue weighted by Crippen LogP contribution is 2.42. The van der Waals surface area contributed by atoms with Gasteiger partial charge in [0, 0.05) is 25.2 Å². The number of carbonyl (C=O) groups is 2. The molecule has 1 aromatic heterocycles. The molecular formula is C45H49N3O10. The van der Waals surface area contributed by atoms with Crippen molar-refractivity contribution < 1.29 is 47.5 Å². The van der Waals surface area contributed by atoms with Crippen LogP contribution in [0.3, 0.4) is 0 Å². The normalized spacial score (nSPS) is 13.8. The van der Waals surface area contributed by atoms with E-state index in [0.29, 0.717) is 42.6 Å². The first-order chi connectivity index (χ1) is 28.0. The molecular weight excluding hydrogens is 743 g/mol. The van der Waals surface area contributed by atoms with Crippen LogP contribution in [0.5, 0.6) is 34.5 Å². The number of hydrogen-bond donors (Lipinski definition) is 1. The smallest absolute Gasteiger partial charge is 0.407 e. The van der Waals surface area contributed by atoms with Crippen molar-refractivity contribution in [3.63, 3.8) is 0 Å². The summed E-state index contributed by atoms with van der Waals surface area (Å²) < 4.78 is 48.8. The van der Waals surface area contributed by atoms with Gasteiger partial charge in [-0.1, -0.05) is 36.4 Å². The van der Waals surface area contributed by atoms with Crippen molar-refractivity contribution in [1.82, 2.24) is 14.9 Å². The van der Waals surface area contributed by atoms with Crippen molar-refractivity contribution in [1.29, 1.82) is 0 Å². The van der Waals surface area contributed by atoms with Crippen molar-refractivity contribution >= 4 is 18.1 Å². The molecule has 6 rings (SSSR count). The van der Waals surface area contributed by atoms with Crippen molar-refractivity contribution in [3.8, 4) is 34.5 Å². The predicted molar refractivity (Wildman–Crippen MR) is 217 cm³/mol. The lowest BCUT2D eigenvalue weighted by Crippen LogP contribution is -2.33. The number of aromatic nitrogens is 2. The van der Waals surface area contributed by atoms with E-state index in [2.05, 4.69) is 10.3 Å². The Kier molecular flexibility index (Phi) is 13.4. The molecule has 5 aromatic rings. The second kappa shape index (κ2) is 19.0. The van der Waals surface area contributed by atoms with Crippen LogP contribution in [-0.2, 0) is 33.9 Å². The van der Waals surface area contributed by atoms with E-state index in [1.165, 1.54) is 6.08 Å². The number of rotatable bonds is 17. The summed E-state index contributed by atoms with van der Waals surface area (Å²) in [5.74, 6) is 3.18. The zero-order valence-electron chi connectivity index (χ0n) is 33.6. The van der Waals surface area contributed by atoms with Gasteiger partial charge in [0.15, 0.2) is 23.0 Å². The maximum Gasteiger partial charge on any atom is 0.407 e. The van der Waals surface area contributed by atoms with Crippen LogP contribution in [0.2, 0.25) is 0 Å². The van der Waals surface area contributed by atoms with E-state index < -0.39 is 30.0 Å². The lowest BCUT2D eigenvalue weighted by Gasteiger charge is -2.25. The van der Waals surface area contributed by atoms with E-state index in [1.807, 2.05) is 110 Å². The SMILES string of the molecule is CCOC(=O)/C=C/c1ccc2c(c1)OC(C(c1ccc(OCc3ccc(OC)cc3)c(OCc3ccc(OC)cc3)c1)n1cnc(CCNC(=O)OC(C)(C)C)c1)O2. The fraction of sp³-hybridized carbons (Fsp3) is 0.311. The Morgan fingerprint density at radius 2 is 1.50 bits per heavy atom. The van der Waals surface area contributed by atoms with Gasteiger partial charge in [-0.2, -0.15) is 0 Å². The number of imidazole rings is 1. The first-order valence-corrected chi connectivity index (χ1v) is 19.0. The fourth-order valence-corrected chi connectivity index (χ4v) is 6.02. The molecule has 0 aliphatic carbocycles. The molecule has 2 atom stereocenters. The number of carbonyl (C=O) groups excluding carboxylic acids is 2. The van der Waals surface area contributed by atoms with E-state index in [9.17, 15) is 9.59 Å². The summed E-state index contributed by atoms with van der Waals surface area (Å²) in [6, 6.07) is 26.0. The second-order valence-electron chi connectivity index (χ2n) is 14.3. The van der Waals surface area contributed by atoms with Crippen molar-refractivity contribution in [2.24, 2.45) is 0 Å². The molecule has 0 saturated carbocycles. The molecule has 1 aliphatic rings. The molecule has 0 fully saturated rings. The predicted octanol–water partition coefficient (Wildman–Crippen LogP) is 8.09. The molecule has 2 heterocycles. The molecule has 58 heavy (non-hydrogen) atoms. The fourth-order valence-electron chi connectivity index (χ4n) is 6.02. The summed E-state index contributed by atoms with van der Waals surface area (Å²) in [7, 11) is 3.26. The zero-order chi connectivity index (χ0) is 41.1. The van der Waals surface area contributed by atoms with Gasteiger partial charge in [-0.3, -0.25) is 0 Å². The third-order valence-corrected chi connectivity index (χ3v) is 8.85. The van der Waals surface area contributed by atoms with Crippen LogP contribution < -0.4 is 33.7 Å². The van der Waals surface area contributed by atoms with Crippen LogP contribution in [0.1, 0.15) is 61.7 Å². The maximum atomic E-state index is 12.3. The highest BCUT2D eigenvalue weighted by molar-refractivity contribution is 5.87. The van der Waals surface area contributed by atoms with Crippen LogP contribution in [0, 0.1) is 0 Å². The van der Waals surface area contributed by atoms with E-state index in [4.69, 9.17) is 37.9 Å². The highest BCUT2D eigenvalue weighted by atomic mass is 16.7. The third-order valence-electron chi connectivity index (χ3n) is 8.85. The monoisotopic (exact) mass is 791 g/mol. The van der Waals surface area contributed by atoms with Gasteiger partial charge >= 0.3 is 12.1 Å².